The van der Waals surface area contributed by atoms with Gasteiger partial charge in [0, 0.05) is 47.2 Å². The van der Waals surface area contributed by atoms with E-state index in [-0.39, 0.29) is 47.2 Å². The number of rotatable bonds is 0. The molecule has 0 amide bonds. The Hall–Kier alpha value is 1.43. The summed E-state index contributed by atoms with van der Waals surface area (Å²) in [5.74, 6) is 0. The molecule has 0 spiro atoms. The van der Waals surface area contributed by atoms with Gasteiger partial charge >= 0.3 is 0 Å². The Bertz CT molecular complexity index is 26.5. The molecule has 0 saturated carbocycles. The third-order valence-electron chi connectivity index (χ3n) is 0. The summed E-state index contributed by atoms with van der Waals surface area (Å²) in [5, 5.41) is 0. The molecule has 0 heterocycles. The maximum atomic E-state index is 2.27. The van der Waals surface area contributed by atoms with Crippen LogP contribution in [0.2, 0.25) is 39.3 Å². The largest absolute Gasteiger partial charge is 0.0715 e. The van der Waals surface area contributed by atoms with Crippen molar-refractivity contribution in [3.8, 4) is 0 Å². The van der Waals surface area contributed by atoms with Gasteiger partial charge in [0.15, 0.2) is 0 Å². The topological polar surface area (TPSA) is 0 Å². The zero-order valence-corrected chi connectivity index (χ0v) is 12.0. The van der Waals surface area contributed by atoms with Crippen molar-refractivity contribution < 1.29 is 0 Å². The average molecular weight is 169 g/mol. The number of hydrogen-bond donors (Lipinski definition) is 0. The van der Waals surface area contributed by atoms with Gasteiger partial charge in [-0.2, -0.15) is 0 Å². The summed E-state index contributed by atoms with van der Waals surface area (Å²) in [7, 11) is 0.241. The Morgan fingerprint density at radius 2 is 0.556 bits per heavy atom. The van der Waals surface area contributed by atoms with Crippen LogP contribution in [0.15, 0.2) is 0 Å². The minimum Gasteiger partial charge on any atom is -0.0715 e. The summed E-state index contributed by atoms with van der Waals surface area (Å²) in [6, 6.07) is 0. The molecule has 0 unspecified atom stereocenters. The second-order valence-corrected chi connectivity index (χ2v) is 9.00. The van der Waals surface area contributed by atoms with Gasteiger partial charge in [-0.25, -0.2) is 0 Å². The first-order valence-corrected chi connectivity index (χ1v) is 9.00. The van der Waals surface area contributed by atoms with E-state index in [9.17, 15) is 0 Å². The first kappa shape index (κ1) is 16.8. The quantitative estimate of drug-likeness (QED) is 0.488. The molecule has 0 fully saturated rings. The second kappa shape index (κ2) is 12.1. The maximum absolute atomic E-state index is 2.27. The van der Waals surface area contributed by atoms with Gasteiger partial charge in [0.2, 0.25) is 0 Å². The Morgan fingerprint density at radius 1 is 0.556 bits per heavy atom. The molecule has 0 aromatic heterocycles. The molecule has 0 nitrogen and oxygen atoms in total. The van der Waals surface area contributed by atoms with Crippen molar-refractivity contribution in [2.45, 2.75) is 39.3 Å². The zero-order valence-electron chi connectivity index (χ0n) is 8.00. The Morgan fingerprint density at radius 3 is 0.556 bits per heavy atom. The fraction of sp³-hybridized carbons (Fsp3) is 1.00. The van der Waals surface area contributed by atoms with Crippen LogP contribution in [0.1, 0.15) is 0 Å². The molecule has 0 atom stereocenters. The van der Waals surface area contributed by atoms with Gasteiger partial charge in [-0.1, -0.05) is 39.3 Å². The molecule has 0 aromatic rings. The van der Waals surface area contributed by atoms with Crippen molar-refractivity contribution in [1.82, 2.24) is 0 Å². The van der Waals surface area contributed by atoms with Gasteiger partial charge in [0.1, 0.15) is 0 Å². The van der Waals surface area contributed by atoms with Crippen LogP contribution in [-0.4, -0.2) is 47.2 Å². The van der Waals surface area contributed by atoms with Gasteiger partial charge in [0.05, 0.1) is 0 Å². The van der Waals surface area contributed by atoms with Crippen molar-refractivity contribution in [2.75, 3.05) is 0 Å². The van der Waals surface area contributed by atoms with E-state index in [1.165, 1.54) is 0 Å². The van der Waals surface area contributed by atoms with E-state index >= 15 is 0 Å². The van der Waals surface area contributed by atoms with Gasteiger partial charge < -0.3 is 0 Å². The van der Waals surface area contributed by atoms with E-state index in [2.05, 4.69) is 39.3 Å². The SMILES string of the molecule is C[Si](C)C.C[Si](C)C.[Na]. The van der Waals surface area contributed by atoms with Crippen LogP contribution < -0.4 is 0 Å². The molecule has 0 aromatic carbocycles. The summed E-state index contributed by atoms with van der Waals surface area (Å²) in [4.78, 5) is 0. The fourth-order valence-corrected chi connectivity index (χ4v) is 0. The van der Waals surface area contributed by atoms with Crippen LogP contribution in [0.4, 0.5) is 0 Å². The molecule has 0 aliphatic rings. The molecular formula is C6H18NaSi2. The predicted octanol–water partition coefficient (Wildman–Crippen LogP) is 2.36. The third-order valence-corrected chi connectivity index (χ3v) is 0. The van der Waals surface area contributed by atoms with E-state index in [1.807, 2.05) is 0 Å². The smallest absolute Gasteiger partial charge is 0.0379 e. The van der Waals surface area contributed by atoms with E-state index in [4.69, 9.17) is 0 Å². The normalized spacial score (nSPS) is 8.00. The molecule has 0 aliphatic carbocycles. The van der Waals surface area contributed by atoms with Crippen LogP contribution in [-0.2, 0) is 0 Å². The van der Waals surface area contributed by atoms with Crippen molar-refractivity contribution in [3.63, 3.8) is 0 Å². The molecule has 0 rings (SSSR count). The summed E-state index contributed by atoms with van der Waals surface area (Å²) >= 11 is 0. The fourth-order valence-electron chi connectivity index (χ4n) is 0. The third kappa shape index (κ3) is 254. The van der Waals surface area contributed by atoms with Crippen molar-refractivity contribution in [1.29, 1.82) is 0 Å². The summed E-state index contributed by atoms with van der Waals surface area (Å²) in [6.45, 7) is 13.6. The van der Waals surface area contributed by atoms with Crippen LogP contribution in [0.3, 0.4) is 0 Å². The molecule has 3 radical (unpaired) electrons. The van der Waals surface area contributed by atoms with Gasteiger partial charge in [0.25, 0.3) is 0 Å². The molecule has 0 N–H and O–H groups in total. The van der Waals surface area contributed by atoms with E-state index in [1.54, 1.807) is 0 Å². The number of hydrogen-bond acceptors (Lipinski definition) is 0. The van der Waals surface area contributed by atoms with Crippen molar-refractivity contribution in [3.05, 3.63) is 0 Å². The molecule has 9 heavy (non-hydrogen) atoms. The molecule has 0 aliphatic heterocycles. The summed E-state index contributed by atoms with van der Waals surface area (Å²) in [6.07, 6.45) is 0. The van der Waals surface area contributed by atoms with E-state index in [0.717, 1.165) is 0 Å². The van der Waals surface area contributed by atoms with Gasteiger partial charge in [-0.05, 0) is 0 Å². The summed E-state index contributed by atoms with van der Waals surface area (Å²) < 4.78 is 0. The predicted molar refractivity (Wildman–Crippen MR) is 52.4 cm³/mol. The summed E-state index contributed by atoms with van der Waals surface area (Å²) in [5.41, 5.74) is 0. The molecular weight excluding hydrogens is 151 g/mol. The Labute approximate surface area is 85.9 Å². The maximum Gasteiger partial charge on any atom is 0.0379 e. The Balaban J connectivity index is -0.0000000720. The van der Waals surface area contributed by atoms with Crippen LogP contribution >= 0.6 is 0 Å². The van der Waals surface area contributed by atoms with E-state index in [0.29, 0.717) is 0 Å². The van der Waals surface area contributed by atoms with Crippen LogP contribution in [0.5, 0.6) is 0 Å². The van der Waals surface area contributed by atoms with Gasteiger partial charge in [-0.15, -0.1) is 0 Å². The Kier molecular flexibility index (Phi) is 22.7. The minimum absolute atomic E-state index is 0. The first-order valence-electron chi connectivity index (χ1n) is 3.00. The minimum atomic E-state index is 0. The molecule has 3 heteroatoms. The monoisotopic (exact) mass is 169 g/mol. The molecule has 0 saturated heterocycles. The second-order valence-electron chi connectivity index (χ2n) is 3.00. The average Bonchev–Trinajstić information content (AvgIpc) is 1.25. The standard InChI is InChI=1S/2C3H9Si.Na/c2*1-4(2)3;/h2*1-3H3;. The zero-order chi connectivity index (χ0) is 7.15. The van der Waals surface area contributed by atoms with E-state index < -0.39 is 0 Å². The molecule has 51 valence electrons. The van der Waals surface area contributed by atoms with Crippen LogP contribution in [0.25, 0.3) is 0 Å². The first-order chi connectivity index (χ1) is 3.46. The van der Waals surface area contributed by atoms with Crippen molar-refractivity contribution in [2.24, 2.45) is 0 Å². The van der Waals surface area contributed by atoms with Crippen molar-refractivity contribution >= 4 is 47.2 Å². The van der Waals surface area contributed by atoms with Gasteiger partial charge in [-0.3, -0.25) is 0 Å². The molecule has 0 bridgehead atoms. The van der Waals surface area contributed by atoms with Crippen LogP contribution in [0, 0.1) is 0 Å².